The van der Waals surface area contributed by atoms with Crippen LogP contribution in [0.1, 0.15) is 54.9 Å². The number of nitrogens with two attached hydrogens (primary N) is 1. The number of rotatable bonds is 4. The van der Waals surface area contributed by atoms with Crippen LogP contribution in [-0.4, -0.2) is 24.9 Å². The molecule has 1 unspecified atom stereocenters. The second-order valence-corrected chi connectivity index (χ2v) is 7.52. The smallest absolute Gasteiger partial charge is 0.338 e. The van der Waals surface area contributed by atoms with E-state index in [1.807, 2.05) is 0 Å². The van der Waals surface area contributed by atoms with Crippen molar-refractivity contribution in [2.24, 2.45) is 11.7 Å². The normalized spacial score (nSPS) is 15.8. The summed E-state index contributed by atoms with van der Waals surface area (Å²) in [5.41, 5.74) is 7.26. The molecular weight excluding hydrogens is 352 g/mol. The Labute approximate surface area is 155 Å². The molecule has 7 heteroatoms. The summed E-state index contributed by atoms with van der Waals surface area (Å²) in [6.07, 6.45) is 2.64. The molecule has 0 spiro atoms. The van der Waals surface area contributed by atoms with Gasteiger partial charge in [-0.3, -0.25) is 9.59 Å². The number of esters is 1. The first kappa shape index (κ1) is 18.1. The number of fused-ring (bicyclic) bond motifs is 1. The maximum atomic E-state index is 12.7. The van der Waals surface area contributed by atoms with Gasteiger partial charge in [0.15, 0.2) is 0 Å². The Kier molecular flexibility index (Phi) is 5.08. The van der Waals surface area contributed by atoms with E-state index < -0.39 is 17.8 Å². The highest BCUT2D eigenvalue weighted by Gasteiger charge is 2.28. The zero-order valence-corrected chi connectivity index (χ0v) is 15.4. The number of primary amides is 1. The average molecular weight is 372 g/mol. The highest BCUT2D eigenvalue weighted by molar-refractivity contribution is 7.17. The Morgan fingerprint density at radius 1 is 1.23 bits per heavy atom. The molecular formula is C19H20N2O4S. The second kappa shape index (κ2) is 7.29. The van der Waals surface area contributed by atoms with Gasteiger partial charge in [-0.25, -0.2) is 4.79 Å². The molecule has 26 heavy (non-hydrogen) atoms. The van der Waals surface area contributed by atoms with Crippen molar-refractivity contribution in [3.8, 4) is 0 Å². The van der Waals surface area contributed by atoms with Gasteiger partial charge in [-0.05, 0) is 42.9 Å². The summed E-state index contributed by atoms with van der Waals surface area (Å²) in [6.45, 7) is 2.16. The van der Waals surface area contributed by atoms with Crippen LogP contribution in [0.4, 0.5) is 5.00 Å². The van der Waals surface area contributed by atoms with E-state index in [1.165, 1.54) is 24.5 Å². The lowest BCUT2D eigenvalue weighted by Gasteiger charge is -2.18. The van der Waals surface area contributed by atoms with Gasteiger partial charge in [-0.1, -0.05) is 19.1 Å². The number of thiophene rings is 1. The number of carbonyl (C=O) groups is 3. The lowest BCUT2D eigenvalue weighted by Crippen LogP contribution is -2.20. The van der Waals surface area contributed by atoms with Crippen molar-refractivity contribution in [2.75, 3.05) is 12.4 Å². The number of methoxy groups -OCH3 is 1. The van der Waals surface area contributed by atoms with Crippen LogP contribution in [0, 0.1) is 5.92 Å². The van der Waals surface area contributed by atoms with E-state index in [4.69, 9.17) is 10.5 Å². The topological polar surface area (TPSA) is 98.5 Å². The van der Waals surface area contributed by atoms with E-state index in [0.717, 1.165) is 29.7 Å². The monoisotopic (exact) mass is 372 g/mol. The summed E-state index contributed by atoms with van der Waals surface area (Å²) in [5, 5.41) is 3.22. The highest BCUT2D eigenvalue weighted by Crippen LogP contribution is 2.39. The second-order valence-electron chi connectivity index (χ2n) is 6.41. The van der Waals surface area contributed by atoms with Crippen molar-refractivity contribution in [1.82, 2.24) is 0 Å². The van der Waals surface area contributed by atoms with Crippen LogP contribution in [0.2, 0.25) is 0 Å². The first-order valence-corrected chi connectivity index (χ1v) is 9.17. The third kappa shape index (κ3) is 3.35. The predicted octanol–water partition coefficient (Wildman–Crippen LogP) is 3.01. The van der Waals surface area contributed by atoms with E-state index in [-0.39, 0.29) is 11.1 Å². The maximum absolute atomic E-state index is 12.7. The maximum Gasteiger partial charge on any atom is 0.338 e. The Hall–Kier alpha value is -2.67. The molecule has 6 nitrogen and oxygen atoms in total. The lowest BCUT2D eigenvalue weighted by molar-refractivity contribution is 0.0597. The van der Waals surface area contributed by atoms with E-state index in [9.17, 15) is 14.4 Å². The zero-order valence-electron chi connectivity index (χ0n) is 14.6. The number of ether oxygens (including phenoxy) is 1. The average Bonchev–Trinajstić information content (AvgIpc) is 2.97. The first-order valence-electron chi connectivity index (χ1n) is 8.35. The summed E-state index contributed by atoms with van der Waals surface area (Å²) in [5.74, 6) is -1.08. The largest absolute Gasteiger partial charge is 0.465 e. The Morgan fingerprint density at radius 3 is 2.58 bits per heavy atom. The molecule has 1 aromatic heterocycles. The summed E-state index contributed by atoms with van der Waals surface area (Å²) >= 11 is 1.39. The Morgan fingerprint density at radius 2 is 1.92 bits per heavy atom. The molecule has 2 aromatic rings. The molecule has 0 aliphatic heterocycles. The number of carbonyl (C=O) groups excluding carboxylic acids is 3. The minimum absolute atomic E-state index is 0.170. The molecule has 0 saturated heterocycles. The van der Waals surface area contributed by atoms with Crippen LogP contribution in [0.5, 0.6) is 0 Å². The van der Waals surface area contributed by atoms with Crippen molar-refractivity contribution in [1.29, 1.82) is 0 Å². The molecule has 136 valence electrons. The van der Waals surface area contributed by atoms with Gasteiger partial charge in [0, 0.05) is 4.88 Å². The van der Waals surface area contributed by atoms with Gasteiger partial charge in [0.2, 0.25) is 0 Å². The van der Waals surface area contributed by atoms with Crippen LogP contribution in [-0.2, 0) is 17.6 Å². The van der Waals surface area contributed by atoms with Crippen molar-refractivity contribution < 1.29 is 19.1 Å². The molecule has 0 saturated carbocycles. The van der Waals surface area contributed by atoms with Crippen LogP contribution in [0.15, 0.2) is 24.3 Å². The number of nitrogens with one attached hydrogen (secondary N) is 1. The van der Waals surface area contributed by atoms with Gasteiger partial charge in [-0.15, -0.1) is 11.3 Å². The number of hydrogen-bond donors (Lipinski definition) is 2. The van der Waals surface area contributed by atoms with Crippen molar-refractivity contribution >= 4 is 34.1 Å². The summed E-state index contributed by atoms with van der Waals surface area (Å²) in [6, 6.07) is 6.39. The van der Waals surface area contributed by atoms with Gasteiger partial charge in [0.1, 0.15) is 5.00 Å². The van der Waals surface area contributed by atoms with Gasteiger partial charge in [-0.2, -0.15) is 0 Å². The molecule has 0 fully saturated rings. The fourth-order valence-electron chi connectivity index (χ4n) is 3.24. The molecule has 1 atom stereocenters. The number of anilines is 1. The van der Waals surface area contributed by atoms with E-state index in [2.05, 4.69) is 12.2 Å². The van der Waals surface area contributed by atoms with Crippen molar-refractivity contribution in [3.63, 3.8) is 0 Å². The fraction of sp³-hybridized carbons (Fsp3) is 0.316. The van der Waals surface area contributed by atoms with Gasteiger partial charge in [0.05, 0.1) is 23.8 Å². The molecule has 1 aliphatic rings. The first-order chi connectivity index (χ1) is 12.4. The number of benzene rings is 1. The fourth-order valence-corrected chi connectivity index (χ4v) is 4.65. The number of amides is 2. The third-order valence-electron chi connectivity index (χ3n) is 4.56. The SMILES string of the molecule is COC(=O)c1ccccc1C(=O)Nc1sc2c(c1C(N)=O)CCC(C)C2. The third-order valence-corrected chi connectivity index (χ3v) is 5.73. The molecule has 2 amide bonds. The summed E-state index contributed by atoms with van der Waals surface area (Å²) in [7, 11) is 1.26. The quantitative estimate of drug-likeness (QED) is 0.806. The predicted molar refractivity (Wildman–Crippen MR) is 99.8 cm³/mol. The van der Waals surface area contributed by atoms with Crippen LogP contribution >= 0.6 is 11.3 Å². The lowest BCUT2D eigenvalue weighted by atomic mass is 9.88. The number of hydrogen-bond acceptors (Lipinski definition) is 5. The molecule has 1 aliphatic carbocycles. The minimum atomic E-state index is -0.592. The van der Waals surface area contributed by atoms with Crippen LogP contribution < -0.4 is 11.1 Å². The standard InChI is InChI=1S/C19H20N2O4S/c1-10-7-8-13-14(9-10)26-18(15(13)16(20)22)21-17(23)11-5-3-4-6-12(11)19(24)25-2/h3-6,10H,7-9H2,1-2H3,(H2,20,22)(H,21,23). The van der Waals surface area contributed by atoms with Crippen LogP contribution in [0.3, 0.4) is 0 Å². The van der Waals surface area contributed by atoms with Crippen LogP contribution in [0.25, 0.3) is 0 Å². The Balaban J connectivity index is 1.96. The molecule has 3 rings (SSSR count). The van der Waals surface area contributed by atoms with Crippen molar-refractivity contribution in [3.05, 3.63) is 51.4 Å². The van der Waals surface area contributed by atoms with Gasteiger partial charge in [0.25, 0.3) is 11.8 Å². The minimum Gasteiger partial charge on any atom is -0.465 e. The van der Waals surface area contributed by atoms with E-state index in [1.54, 1.807) is 18.2 Å². The molecule has 1 heterocycles. The van der Waals surface area contributed by atoms with Gasteiger partial charge < -0.3 is 15.8 Å². The molecule has 0 bridgehead atoms. The zero-order chi connectivity index (χ0) is 18.8. The van der Waals surface area contributed by atoms with Gasteiger partial charge >= 0.3 is 5.97 Å². The summed E-state index contributed by atoms with van der Waals surface area (Å²) in [4.78, 5) is 37.7. The molecule has 1 aromatic carbocycles. The van der Waals surface area contributed by atoms with E-state index in [0.29, 0.717) is 16.5 Å². The highest BCUT2D eigenvalue weighted by atomic mass is 32.1. The molecule has 3 N–H and O–H groups in total. The summed E-state index contributed by atoms with van der Waals surface area (Å²) < 4.78 is 4.73. The van der Waals surface area contributed by atoms with E-state index >= 15 is 0 Å². The van der Waals surface area contributed by atoms with Crippen molar-refractivity contribution in [2.45, 2.75) is 26.2 Å². The Bertz CT molecular complexity index is 888. The molecule has 0 radical (unpaired) electrons.